The molecule has 0 amide bonds. The molecule has 1 unspecified atom stereocenters. The van der Waals surface area contributed by atoms with Crippen LogP contribution < -0.4 is 16.0 Å². The van der Waals surface area contributed by atoms with Crippen LogP contribution in [0.5, 0.6) is 5.88 Å². The van der Waals surface area contributed by atoms with E-state index in [1.54, 1.807) is 19.5 Å². The minimum atomic E-state index is -0.243. The van der Waals surface area contributed by atoms with Crippen LogP contribution in [-0.2, 0) is 0 Å². The third-order valence-electron chi connectivity index (χ3n) is 3.45. The number of hydrogen-bond donors (Lipinski definition) is 2. The second kappa shape index (κ2) is 5.87. The maximum absolute atomic E-state index is 5.79. The minimum Gasteiger partial charge on any atom is -0.481 e. The first-order chi connectivity index (χ1) is 10.3. The summed E-state index contributed by atoms with van der Waals surface area (Å²) in [6.45, 7) is 0. The molecule has 106 valence electrons. The Morgan fingerprint density at radius 3 is 2.52 bits per heavy atom. The maximum Gasteiger partial charge on any atom is 0.218 e. The second-order valence-electron chi connectivity index (χ2n) is 4.62. The van der Waals surface area contributed by atoms with Gasteiger partial charge in [0.15, 0.2) is 0 Å². The van der Waals surface area contributed by atoms with E-state index in [0.717, 1.165) is 22.0 Å². The normalized spacial score (nSPS) is 12.3. The summed E-state index contributed by atoms with van der Waals surface area (Å²) in [5, 5.41) is 1.07. The largest absolute Gasteiger partial charge is 0.481 e. The molecule has 5 nitrogen and oxygen atoms in total. The molecule has 0 saturated carbocycles. The summed E-state index contributed by atoms with van der Waals surface area (Å²) < 4.78 is 5.33. The summed E-state index contributed by atoms with van der Waals surface area (Å²) in [5.41, 5.74) is 5.62. The average molecular weight is 280 g/mol. The quantitative estimate of drug-likeness (QED) is 0.566. The molecule has 0 bridgehead atoms. The molecule has 0 fully saturated rings. The Kier molecular flexibility index (Phi) is 3.77. The number of benzene rings is 1. The summed E-state index contributed by atoms with van der Waals surface area (Å²) >= 11 is 0. The minimum absolute atomic E-state index is 0.243. The van der Waals surface area contributed by atoms with Gasteiger partial charge in [-0.15, -0.1) is 0 Å². The van der Waals surface area contributed by atoms with E-state index < -0.39 is 0 Å². The number of pyridine rings is 2. The van der Waals surface area contributed by atoms with Gasteiger partial charge in [0, 0.05) is 28.9 Å². The lowest BCUT2D eigenvalue weighted by molar-refractivity contribution is 0.387. The van der Waals surface area contributed by atoms with Crippen LogP contribution in [0.2, 0.25) is 0 Å². The van der Waals surface area contributed by atoms with E-state index in [1.807, 2.05) is 42.5 Å². The number of methoxy groups -OCH3 is 1. The highest BCUT2D eigenvalue weighted by atomic mass is 16.5. The maximum atomic E-state index is 5.79. The van der Waals surface area contributed by atoms with Crippen LogP contribution in [0.25, 0.3) is 10.9 Å². The Balaban J connectivity index is 2.19. The number of hydrazine groups is 1. The van der Waals surface area contributed by atoms with Crippen molar-refractivity contribution in [2.24, 2.45) is 5.84 Å². The molecule has 1 atom stereocenters. The van der Waals surface area contributed by atoms with E-state index in [0.29, 0.717) is 5.88 Å². The summed E-state index contributed by atoms with van der Waals surface area (Å²) in [7, 11) is 1.60. The third-order valence-corrected chi connectivity index (χ3v) is 3.45. The van der Waals surface area contributed by atoms with Crippen LogP contribution in [-0.4, -0.2) is 17.1 Å². The van der Waals surface area contributed by atoms with Crippen molar-refractivity contribution in [3.63, 3.8) is 0 Å². The van der Waals surface area contributed by atoms with Crippen molar-refractivity contribution in [2.75, 3.05) is 7.11 Å². The first kappa shape index (κ1) is 13.5. The predicted molar refractivity (Wildman–Crippen MR) is 81.7 cm³/mol. The second-order valence-corrected chi connectivity index (χ2v) is 4.62. The van der Waals surface area contributed by atoms with Gasteiger partial charge in [-0.25, -0.2) is 10.4 Å². The van der Waals surface area contributed by atoms with Gasteiger partial charge in [-0.2, -0.15) is 0 Å². The molecule has 1 aromatic carbocycles. The molecule has 0 spiro atoms. The standard InChI is InChI=1S/C16H16N4O/c1-21-16-13(8-4-10-19-16)15(20-17)12-7-2-5-11-6-3-9-18-14(11)12/h2-10,15,20H,17H2,1H3. The van der Waals surface area contributed by atoms with Crippen LogP contribution in [0.4, 0.5) is 0 Å². The summed E-state index contributed by atoms with van der Waals surface area (Å²) in [5.74, 6) is 6.34. The third kappa shape index (κ3) is 2.44. The molecule has 0 aliphatic rings. The number of nitrogens with one attached hydrogen (secondary N) is 1. The van der Waals surface area contributed by atoms with E-state index in [4.69, 9.17) is 10.6 Å². The van der Waals surface area contributed by atoms with Gasteiger partial charge in [0.2, 0.25) is 5.88 Å². The van der Waals surface area contributed by atoms with Crippen molar-refractivity contribution in [3.8, 4) is 5.88 Å². The zero-order valence-electron chi connectivity index (χ0n) is 11.7. The van der Waals surface area contributed by atoms with Crippen LogP contribution in [0, 0.1) is 0 Å². The molecular formula is C16H16N4O. The molecule has 3 N–H and O–H groups in total. The van der Waals surface area contributed by atoms with Crippen LogP contribution in [0.3, 0.4) is 0 Å². The highest BCUT2D eigenvalue weighted by Crippen LogP contribution is 2.31. The van der Waals surface area contributed by atoms with Crippen molar-refractivity contribution in [3.05, 3.63) is 66.0 Å². The van der Waals surface area contributed by atoms with Gasteiger partial charge < -0.3 is 4.74 Å². The molecule has 3 rings (SSSR count). The van der Waals surface area contributed by atoms with Crippen molar-refractivity contribution in [1.82, 2.24) is 15.4 Å². The summed E-state index contributed by atoms with van der Waals surface area (Å²) in [4.78, 5) is 8.71. The number of aromatic nitrogens is 2. The number of hydrogen-bond acceptors (Lipinski definition) is 5. The highest BCUT2D eigenvalue weighted by Gasteiger charge is 2.20. The fourth-order valence-corrected chi connectivity index (χ4v) is 2.50. The van der Waals surface area contributed by atoms with E-state index in [1.165, 1.54) is 0 Å². The number of ether oxygens (including phenoxy) is 1. The van der Waals surface area contributed by atoms with Crippen molar-refractivity contribution < 1.29 is 4.74 Å². The number of rotatable bonds is 4. The van der Waals surface area contributed by atoms with Crippen LogP contribution in [0.1, 0.15) is 17.2 Å². The van der Waals surface area contributed by atoms with Gasteiger partial charge in [0.1, 0.15) is 0 Å². The topological polar surface area (TPSA) is 73.1 Å². The van der Waals surface area contributed by atoms with Crippen LogP contribution in [0.15, 0.2) is 54.9 Å². The Hall–Kier alpha value is -2.50. The zero-order chi connectivity index (χ0) is 14.7. The Bertz CT molecular complexity index is 755. The summed E-state index contributed by atoms with van der Waals surface area (Å²) in [6, 6.07) is 13.5. The number of para-hydroxylation sites is 1. The molecule has 0 aliphatic carbocycles. The molecule has 5 heteroatoms. The van der Waals surface area contributed by atoms with Crippen molar-refractivity contribution in [1.29, 1.82) is 0 Å². The van der Waals surface area contributed by atoms with Gasteiger partial charge in [-0.3, -0.25) is 10.8 Å². The molecule has 2 aromatic heterocycles. The van der Waals surface area contributed by atoms with E-state index in [2.05, 4.69) is 15.4 Å². The first-order valence-electron chi connectivity index (χ1n) is 6.64. The Morgan fingerprint density at radius 1 is 1.00 bits per heavy atom. The van der Waals surface area contributed by atoms with E-state index >= 15 is 0 Å². The predicted octanol–water partition coefficient (Wildman–Crippen LogP) is 2.19. The number of nitrogens with two attached hydrogens (primary N) is 1. The van der Waals surface area contributed by atoms with Gasteiger partial charge in [0.05, 0.1) is 18.7 Å². The Labute approximate surface area is 122 Å². The molecule has 0 aliphatic heterocycles. The van der Waals surface area contributed by atoms with Gasteiger partial charge in [-0.1, -0.05) is 30.3 Å². The smallest absolute Gasteiger partial charge is 0.218 e. The van der Waals surface area contributed by atoms with Crippen LogP contribution >= 0.6 is 0 Å². The van der Waals surface area contributed by atoms with E-state index in [-0.39, 0.29) is 6.04 Å². The first-order valence-corrected chi connectivity index (χ1v) is 6.64. The molecule has 21 heavy (non-hydrogen) atoms. The lowest BCUT2D eigenvalue weighted by Gasteiger charge is -2.19. The fraction of sp³-hybridized carbons (Fsp3) is 0.125. The zero-order valence-corrected chi connectivity index (χ0v) is 11.7. The van der Waals surface area contributed by atoms with Gasteiger partial charge >= 0.3 is 0 Å². The monoisotopic (exact) mass is 280 g/mol. The molecule has 2 heterocycles. The van der Waals surface area contributed by atoms with Gasteiger partial charge in [0.25, 0.3) is 0 Å². The number of fused-ring (bicyclic) bond motifs is 1. The lowest BCUT2D eigenvalue weighted by atomic mass is 9.97. The molecule has 3 aromatic rings. The molecular weight excluding hydrogens is 264 g/mol. The van der Waals surface area contributed by atoms with Crippen molar-refractivity contribution >= 4 is 10.9 Å². The van der Waals surface area contributed by atoms with Crippen molar-refractivity contribution in [2.45, 2.75) is 6.04 Å². The molecule has 0 radical (unpaired) electrons. The van der Waals surface area contributed by atoms with Gasteiger partial charge in [-0.05, 0) is 12.1 Å². The summed E-state index contributed by atoms with van der Waals surface area (Å²) in [6.07, 6.45) is 3.47. The molecule has 0 saturated heterocycles. The average Bonchev–Trinajstić information content (AvgIpc) is 2.56. The SMILES string of the molecule is COc1ncccc1C(NN)c1cccc2cccnc12. The highest BCUT2D eigenvalue weighted by molar-refractivity contribution is 5.82. The number of nitrogens with zero attached hydrogens (tertiary/aromatic N) is 2. The lowest BCUT2D eigenvalue weighted by Crippen LogP contribution is -2.29. The Morgan fingerprint density at radius 2 is 1.71 bits per heavy atom. The fourth-order valence-electron chi connectivity index (χ4n) is 2.50. The van der Waals surface area contributed by atoms with E-state index in [9.17, 15) is 0 Å².